The monoisotopic (exact) mass is 440 g/mol. The van der Waals surface area contributed by atoms with Gasteiger partial charge in [0.25, 0.3) is 5.91 Å². The van der Waals surface area contributed by atoms with Gasteiger partial charge in [0.2, 0.25) is 0 Å². The van der Waals surface area contributed by atoms with Crippen LogP contribution in [0.25, 0.3) is 10.8 Å². The molecule has 166 valence electrons. The average molecular weight is 441 g/mol. The van der Waals surface area contributed by atoms with Crippen LogP contribution in [0.1, 0.15) is 34.5 Å². The molecule has 0 aliphatic heterocycles. The number of rotatable bonds is 7. The first-order chi connectivity index (χ1) is 16.0. The van der Waals surface area contributed by atoms with Crippen molar-refractivity contribution in [3.05, 3.63) is 95.6 Å². The van der Waals surface area contributed by atoms with Crippen LogP contribution in [0.5, 0.6) is 0 Å². The summed E-state index contributed by atoms with van der Waals surface area (Å²) in [5, 5.41) is 18.5. The Labute approximate surface area is 192 Å². The molecular formula is C26H24N4O3. The number of allylic oxidation sites excluding steroid dienone is 1. The molecule has 0 bridgehead atoms. The zero-order valence-electron chi connectivity index (χ0n) is 18.2. The standard InChI is InChI=1S/C26H24N4O3/c1-18(21-14-8-11-19-9-2-4-12-22(19)21)30-24(31)23-13-5-3-10-20(23)17-29-26(33)25(32)28-16-7-6-15-27/h2-14,18H,16-17H2,1H3,(H,28,32)(H,29,33)(H,30,31)/b7-6+/t18-/m1/s1. The zero-order valence-corrected chi connectivity index (χ0v) is 18.2. The Morgan fingerprint density at radius 1 is 0.939 bits per heavy atom. The van der Waals surface area contributed by atoms with E-state index in [1.54, 1.807) is 30.3 Å². The fraction of sp³-hybridized carbons (Fsp3) is 0.154. The summed E-state index contributed by atoms with van der Waals surface area (Å²) < 4.78 is 0. The normalized spacial score (nSPS) is 11.5. The van der Waals surface area contributed by atoms with Crippen molar-refractivity contribution in [2.24, 2.45) is 0 Å². The molecule has 3 N–H and O–H groups in total. The van der Waals surface area contributed by atoms with Crippen molar-refractivity contribution in [2.45, 2.75) is 19.5 Å². The van der Waals surface area contributed by atoms with Gasteiger partial charge in [-0.3, -0.25) is 14.4 Å². The van der Waals surface area contributed by atoms with Gasteiger partial charge in [-0.15, -0.1) is 0 Å². The second kappa shape index (κ2) is 11.3. The number of amides is 3. The molecule has 3 aromatic rings. The number of benzene rings is 3. The fourth-order valence-corrected chi connectivity index (χ4v) is 3.48. The molecule has 3 aromatic carbocycles. The molecule has 7 nitrogen and oxygen atoms in total. The lowest BCUT2D eigenvalue weighted by Gasteiger charge is -2.18. The van der Waals surface area contributed by atoms with Crippen molar-refractivity contribution >= 4 is 28.5 Å². The molecule has 0 fully saturated rings. The minimum absolute atomic E-state index is 0.0204. The maximum Gasteiger partial charge on any atom is 0.309 e. The first-order valence-corrected chi connectivity index (χ1v) is 10.5. The Hall–Kier alpha value is -4.44. The molecule has 0 saturated carbocycles. The zero-order chi connectivity index (χ0) is 23.6. The number of carbonyl (C=O) groups excluding carboxylic acids is 3. The minimum atomic E-state index is -0.820. The maximum absolute atomic E-state index is 13.0. The number of nitrogens with zero attached hydrogens (tertiary/aromatic N) is 1. The molecular weight excluding hydrogens is 416 g/mol. The van der Waals surface area contributed by atoms with E-state index in [1.807, 2.05) is 49.4 Å². The van der Waals surface area contributed by atoms with Gasteiger partial charge in [-0.2, -0.15) is 5.26 Å². The molecule has 3 rings (SSSR count). The van der Waals surface area contributed by atoms with Gasteiger partial charge >= 0.3 is 11.8 Å². The number of fused-ring (bicyclic) bond motifs is 1. The Kier molecular flexibility index (Phi) is 7.92. The first-order valence-electron chi connectivity index (χ1n) is 10.5. The molecule has 3 amide bonds. The van der Waals surface area contributed by atoms with Crippen LogP contribution in [0.2, 0.25) is 0 Å². The third kappa shape index (κ3) is 6.05. The lowest BCUT2D eigenvalue weighted by Crippen LogP contribution is -2.40. The number of carbonyl (C=O) groups is 3. The van der Waals surface area contributed by atoms with Crippen LogP contribution in [0, 0.1) is 11.3 Å². The van der Waals surface area contributed by atoms with Crippen LogP contribution in [0.4, 0.5) is 0 Å². The van der Waals surface area contributed by atoms with Gasteiger partial charge in [-0.05, 0) is 34.9 Å². The predicted molar refractivity (Wildman–Crippen MR) is 126 cm³/mol. The Morgan fingerprint density at radius 3 is 2.45 bits per heavy atom. The number of nitrogens with one attached hydrogen (secondary N) is 3. The van der Waals surface area contributed by atoms with Crippen LogP contribution in [-0.2, 0) is 16.1 Å². The van der Waals surface area contributed by atoms with E-state index in [4.69, 9.17) is 5.26 Å². The number of nitriles is 1. The first kappa shape index (κ1) is 23.2. The summed E-state index contributed by atoms with van der Waals surface area (Å²) in [6.45, 7) is 2.02. The van der Waals surface area contributed by atoms with E-state index in [0.717, 1.165) is 16.3 Å². The van der Waals surface area contributed by atoms with E-state index >= 15 is 0 Å². The Bertz CT molecular complexity index is 1240. The number of hydrogen-bond acceptors (Lipinski definition) is 4. The van der Waals surface area contributed by atoms with Gasteiger partial charge in [-0.1, -0.05) is 66.7 Å². The molecule has 0 spiro atoms. The molecule has 1 atom stereocenters. The predicted octanol–water partition coefficient (Wildman–Crippen LogP) is 3.14. The van der Waals surface area contributed by atoms with E-state index in [9.17, 15) is 14.4 Å². The molecule has 0 aromatic heterocycles. The van der Waals surface area contributed by atoms with Crippen molar-refractivity contribution in [1.29, 1.82) is 5.26 Å². The Morgan fingerprint density at radius 2 is 1.64 bits per heavy atom. The van der Waals surface area contributed by atoms with Gasteiger partial charge in [0.05, 0.1) is 12.1 Å². The molecule has 0 aliphatic carbocycles. The van der Waals surface area contributed by atoms with Crippen LogP contribution >= 0.6 is 0 Å². The van der Waals surface area contributed by atoms with Crippen LogP contribution in [0.3, 0.4) is 0 Å². The molecule has 33 heavy (non-hydrogen) atoms. The highest BCUT2D eigenvalue weighted by Crippen LogP contribution is 2.24. The molecule has 0 aliphatic rings. The Balaban J connectivity index is 1.66. The van der Waals surface area contributed by atoms with Crippen LogP contribution in [-0.4, -0.2) is 24.3 Å². The fourth-order valence-electron chi connectivity index (χ4n) is 3.48. The highest BCUT2D eigenvalue weighted by Gasteiger charge is 2.18. The summed E-state index contributed by atoms with van der Waals surface area (Å²) in [6.07, 6.45) is 2.65. The molecule has 0 heterocycles. The summed E-state index contributed by atoms with van der Waals surface area (Å²) in [5.74, 6) is -1.91. The third-order valence-electron chi connectivity index (χ3n) is 5.12. The highest BCUT2D eigenvalue weighted by molar-refractivity contribution is 6.35. The van der Waals surface area contributed by atoms with Crippen LogP contribution in [0.15, 0.2) is 78.9 Å². The second-order valence-electron chi connectivity index (χ2n) is 7.34. The smallest absolute Gasteiger partial charge is 0.309 e. The van der Waals surface area contributed by atoms with Crippen molar-refractivity contribution in [2.75, 3.05) is 6.54 Å². The highest BCUT2D eigenvalue weighted by atomic mass is 16.2. The summed E-state index contributed by atoms with van der Waals surface area (Å²) >= 11 is 0. The quantitative estimate of drug-likeness (QED) is 0.387. The van der Waals surface area contributed by atoms with Gasteiger partial charge < -0.3 is 16.0 Å². The maximum atomic E-state index is 13.0. The van der Waals surface area contributed by atoms with Gasteiger partial charge in [-0.25, -0.2) is 0 Å². The molecule has 0 radical (unpaired) electrons. The molecule has 0 saturated heterocycles. The second-order valence-corrected chi connectivity index (χ2v) is 7.34. The largest absolute Gasteiger partial charge is 0.345 e. The van der Waals surface area contributed by atoms with Crippen molar-refractivity contribution in [1.82, 2.24) is 16.0 Å². The van der Waals surface area contributed by atoms with E-state index in [0.29, 0.717) is 11.1 Å². The van der Waals surface area contributed by atoms with Gasteiger partial charge in [0.1, 0.15) is 0 Å². The summed E-state index contributed by atoms with van der Waals surface area (Å²) in [7, 11) is 0. The van der Waals surface area contributed by atoms with Crippen molar-refractivity contribution < 1.29 is 14.4 Å². The SMILES string of the molecule is C[C@@H](NC(=O)c1ccccc1CNC(=O)C(=O)NC/C=C/C#N)c1cccc2ccccc12. The lowest BCUT2D eigenvalue weighted by molar-refractivity contribution is -0.139. The van der Waals surface area contributed by atoms with Crippen molar-refractivity contribution in [3.63, 3.8) is 0 Å². The van der Waals surface area contributed by atoms with E-state index in [1.165, 1.54) is 12.2 Å². The van der Waals surface area contributed by atoms with Crippen molar-refractivity contribution in [3.8, 4) is 6.07 Å². The average Bonchev–Trinajstić information content (AvgIpc) is 2.84. The van der Waals surface area contributed by atoms with E-state index in [-0.39, 0.29) is 25.0 Å². The van der Waals surface area contributed by atoms with Gasteiger partial charge in [0.15, 0.2) is 0 Å². The molecule has 0 unspecified atom stereocenters. The summed E-state index contributed by atoms with van der Waals surface area (Å²) in [4.78, 5) is 36.9. The minimum Gasteiger partial charge on any atom is -0.345 e. The van der Waals surface area contributed by atoms with Gasteiger partial charge in [0, 0.05) is 24.7 Å². The summed E-state index contributed by atoms with van der Waals surface area (Å²) in [5.41, 5.74) is 2.02. The number of hydrogen-bond donors (Lipinski definition) is 3. The van der Waals surface area contributed by atoms with E-state index < -0.39 is 11.8 Å². The summed E-state index contributed by atoms with van der Waals surface area (Å²) in [6, 6.07) is 22.5. The van der Waals surface area contributed by atoms with Crippen LogP contribution < -0.4 is 16.0 Å². The topological polar surface area (TPSA) is 111 Å². The lowest BCUT2D eigenvalue weighted by atomic mass is 9.99. The molecule has 7 heteroatoms. The third-order valence-corrected chi connectivity index (χ3v) is 5.12. The van der Waals surface area contributed by atoms with E-state index in [2.05, 4.69) is 16.0 Å².